The summed E-state index contributed by atoms with van der Waals surface area (Å²) in [6.45, 7) is 2.01. The van der Waals surface area contributed by atoms with Crippen LogP contribution in [-0.4, -0.2) is 17.9 Å². The third-order valence-electron chi connectivity index (χ3n) is 2.22. The standard InChI is InChI=1S/C7H15NO/c1-3-7(9,8-2)6-4-5-6/h6,8-9H,3-5H2,1-2H3/t7-/m0/s1. The molecule has 0 amide bonds. The summed E-state index contributed by atoms with van der Waals surface area (Å²) >= 11 is 0. The maximum absolute atomic E-state index is 9.66. The van der Waals surface area contributed by atoms with Gasteiger partial charge >= 0.3 is 0 Å². The summed E-state index contributed by atoms with van der Waals surface area (Å²) < 4.78 is 0. The van der Waals surface area contributed by atoms with Gasteiger partial charge in [-0.05, 0) is 26.3 Å². The summed E-state index contributed by atoms with van der Waals surface area (Å²) in [6.07, 6.45) is 3.19. The van der Waals surface area contributed by atoms with Crippen LogP contribution in [0.4, 0.5) is 0 Å². The summed E-state index contributed by atoms with van der Waals surface area (Å²) in [5.41, 5.74) is -0.556. The van der Waals surface area contributed by atoms with Gasteiger partial charge in [0.1, 0.15) is 5.72 Å². The smallest absolute Gasteiger partial charge is 0.118 e. The van der Waals surface area contributed by atoms with E-state index in [9.17, 15) is 5.11 Å². The highest BCUT2D eigenvalue weighted by Gasteiger charge is 2.40. The van der Waals surface area contributed by atoms with Crippen LogP contribution in [-0.2, 0) is 0 Å². The molecule has 0 aromatic heterocycles. The highest BCUT2D eigenvalue weighted by atomic mass is 16.3. The molecule has 2 nitrogen and oxygen atoms in total. The Morgan fingerprint density at radius 3 is 2.33 bits per heavy atom. The molecular formula is C7H15NO. The minimum absolute atomic E-state index is 0.521. The molecule has 2 N–H and O–H groups in total. The van der Waals surface area contributed by atoms with Crippen molar-refractivity contribution in [2.24, 2.45) is 5.92 Å². The van der Waals surface area contributed by atoms with Crippen LogP contribution < -0.4 is 5.32 Å². The zero-order chi connectivity index (χ0) is 6.91. The molecular weight excluding hydrogens is 114 g/mol. The highest BCUT2D eigenvalue weighted by Crippen LogP contribution is 2.39. The molecule has 0 bridgehead atoms. The van der Waals surface area contributed by atoms with Crippen LogP contribution >= 0.6 is 0 Å². The fraction of sp³-hybridized carbons (Fsp3) is 1.00. The quantitative estimate of drug-likeness (QED) is 0.550. The Hall–Kier alpha value is -0.0800. The van der Waals surface area contributed by atoms with Crippen molar-refractivity contribution in [2.75, 3.05) is 7.05 Å². The number of hydrogen-bond acceptors (Lipinski definition) is 2. The van der Waals surface area contributed by atoms with Crippen molar-refractivity contribution in [3.8, 4) is 0 Å². The van der Waals surface area contributed by atoms with Gasteiger partial charge in [-0.2, -0.15) is 0 Å². The van der Waals surface area contributed by atoms with E-state index in [1.165, 1.54) is 12.8 Å². The summed E-state index contributed by atoms with van der Waals surface area (Å²) in [5, 5.41) is 12.6. The predicted molar refractivity (Wildman–Crippen MR) is 37.0 cm³/mol. The predicted octanol–water partition coefficient (Wildman–Crippen LogP) is 0.714. The first-order valence-corrected chi connectivity index (χ1v) is 3.64. The molecule has 1 aliphatic carbocycles. The Labute approximate surface area is 56.3 Å². The summed E-state index contributed by atoms with van der Waals surface area (Å²) in [6, 6.07) is 0. The normalized spacial score (nSPS) is 25.7. The van der Waals surface area contributed by atoms with Gasteiger partial charge in [0, 0.05) is 5.92 Å². The van der Waals surface area contributed by atoms with Crippen LogP contribution in [0.3, 0.4) is 0 Å². The molecule has 0 aromatic rings. The Morgan fingerprint density at radius 2 is 2.22 bits per heavy atom. The topological polar surface area (TPSA) is 32.3 Å². The molecule has 1 atom stereocenters. The Balaban J connectivity index is 2.43. The van der Waals surface area contributed by atoms with Gasteiger partial charge in [-0.3, -0.25) is 5.32 Å². The third-order valence-corrected chi connectivity index (χ3v) is 2.22. The third kappa shape index (κ3) is 1.25. The first-order chi connectivity index (χ1) is 4.23. The van der Waals surface area contributed by atoms with Crippen molar-refractivity contribution in [3.63, 3.8) is 0 Å². The van der Waals surface area contributed by atoms with Crippen LogP contribution in [0.2, 0.25) is 0 Å². The lowest BCUT2D eigenvalue weighted by molar-refractivity contribution is -0.0130. The van der Waals surface area contributed by atoms with Crippen molar-refractivity contribution in [1.82, 2.24) is 5.32 Å². The molecule has 0 unspecified atom stereocenters. The largest absolute Gasteiger partial charge is 0.376 e. The number of aliphatic hydroxyl groups is 1. The molecule has 1 rings (SSSR count). The van der Waals surface area contributed by atoms with Crippen LogP contribution in [0.5, 0.6) is 0 Å². The maximum atomic E-state index is 9.66. The van der Waals surface area contributed by atoms with E-state index < -0.39 is 5.72 Å². The Morgan fingerprint density at radius 1 is 1.67 bits per heavy atom. The lowest BCUT2D eigenvalue weighted by atomic mass is 10.1. The van der Waals surface area contributed by atoms with Crippen molar-refractivity contribution in [2.45, 2.75) is 31.9 Å². The van der Waals surface area contributed by atoms with Crippen LogP contribution in [0, 0.1) is 5.92 Å². The van der Waals surface area contributed by atoms with Crippen LogP contribution in [0.15, 0.2) is 0 Å². The fourth-order valence-corrected chi connectivity index (χ4v) is 1.23. The lowest BCUT2D eigenvalue weighted by Crippen LogP contribution is -2.44. The van der Waals surface area contributed by atoms with Crippen LogP contribution in [0.25, 0.3) is 0 Å². The van der Waals surface area contributed by atoms with E-state index >= 15 is 0 Å². The molecule has 2 heteroatoms. The Kier molecular flexibility index (Phi) is 1.78. The van der Waals surface area contributed by atoms with Crippen molar-refractivity contribution in [1.29, 1.82) is 0 Å². The molecule has 0 aliphatic heterocycles. The Bertz CT molecular complexity index is 95.1. The van der Waals surface area contributed by atoms with Gasteiger partial charge in [-0.1, -0.05) is 6.92 Å². The maximum Gasteiger partial charge on any atom is 0.118 e. The summed E-state index contributed by atoms with van der Waals surface area (Å²) in [7, 11) is 1.82. The first-order valence-electron chi connectivity index (χ1n) is 3.64. The zero-order valence-corrected chi connectivity index (χ0v) is 6.15. The number of rotatable bonds is 3. The lowest BCUT2D eigenvalue weighted by Gasteiger charge is -2.25. The molecule has 0 saturated heterocycles. The van der Waals surface area contributed by atoms with Gasteiger partial charge in [0.2, 0.25) is 0 Å². The average Bonchev–Trinajstić information content (AvgIpc) is 2.68. The monoisotopic (exact) mass is 129 g/mol. The van der Waals surface area contributed by atoms with Crippen molar-refractivity contribution < 1.29 is 5.11 Å². The van der Waals surface area contributed by atoms with Gasteiger partial charge in [-0.15, -0.1) is 0 Å². The molecule has 54 valence electrons. The number of hydrogen-bond donors (Lipinski definition) is 2. The van der Waals surface area contributed by atoms with Crippen LogP contribution in [0.1, 0.15) is 26.2 Å². The van der Waals surface area contributed by atoms with Gasteiger partial charge in [0.05, 0.1) is 0 Å². The second kappa shape index (κ2) is 2.27. The van der Waals surface area contributed by atoms with E-state index in [2.05, 4.69) is 5.32 Å². The van der Waals surface area contributed by atoms with Gasteiger partial charge in [0.15, 0.2) is 0 Å². The molecule has 1 fully saturated rings. The van der Waals surface area contributed by atoms with E-state index in [0.717, 1.165) is 6.42 Å². The van der Waals surface area contributed by atoms with E-state index in [0.29, 0.717) is 5.92 Å². The van der Waals surface area contributed by atoms with E-state index in [1.807, 2.05) is 14.0 Å². The molecule has 0 heterocycles. The molecule has 1 saturated carbocycles. The second-order valence-electron chi connectivity index (χ2n) is 2.80. The molecule has 0 aromatic carbocycles. The van der Waals surface area contributed by atoms with E-state index in [4.69, 9.17) is 0 Å². The summed E-state index contributed by atoms with van der Waals surface area (Å²) in [4.78, 5) is 0. The van der Waals surface area contributed by atoms with Crippen molar-refractivity contribution >= 4 is 0 Å². The average molecular weight is 129 g/mol. The van der Waals surface area contributed by atoms with Crippen molar-refractivity contribution in [3.05, 3.63) is 0 Å². The molecule has 1 aliphatic rings. The van der Waals surface area contributed by atoms with E-state index in [-0.39, 0.29) is 0 Å². The molecule has 0 radical (unpaired) electrons. The van der Waals surface area contributed by atoms with Gasteiger partial charge in [0.25, 0.3) is 0 Å². The molecule has 9 heavy (non-hydrogen) atoms. The van der Waals surface area contributed by atoms with Gasteiger partial charge in [-0.25, -0.2) is 0 Å². The minimum Gasteiger partial charge on any atom is -0.376 e. The minimum atomic E-state index is -0.556. The highest BCUT2D eigenvalue weighted by molar-refractivity contribution is 4.90. The second-order valence-corrected chi connectivity index (χ2v) is 2.80. The SMILES string of the molecule is CC[C@@](O)(NC)C1CC1. The summed E-state index contributed by atoms with van der Waals surface area (Å²) in [5.74, 6) is 0.521. The molecule has 0 spiro atoms. The fourth-order valence-electron chi connectivity index (χ4n) is 1.23. The first kappa shape index (κ1) is 7.03. The number of nitrogens with one attached hydrogen (secondary N) is 1. The van der Waals surface area contributed by atoms with Gasteiger partial charge < -0.3 is 5.11 Å². The zero-order valence-electron chi connectivity index (χ0n) is 6.15. The van der Waals surface area contributed by atoms with E-state index in [1.54, 1.807) is 0 Å².